The number of carboxylic acids is 1. The highest BCUT2D eigenvalue weighted by Crippen LogP contribution is 2.30. The standard InChI is InChI=1S/C18H27N3O3/c1-2-3-9-15-12-21(13-18(15,19)17(23)24)16(22)11-20-10-14-7-5-4-6-8-14/h4-8,15,20H,2-3,9-13,19H2,1H3,(H,23,24)/t15-,18-/m0/s1. The van der Waals surface area contributed by atoms with Crippen LogP contribution in [0.5, 0.6) is 0 Å². The van der Waals surface area contributed by atoms with Gasteiger partial charge in [0.05, 0.1) is 6.54 Å². The Bertz CT molecular complexity index is 564. The zero-order valence-corrected chi connectivity index (χ0v) is 14.2. The molecule has 0 aliphatic carbocycles. The first-order valence-electron chi connectivity index (χ1n) is 8.52. The maximum atomic E-state index is 12.4. The summed E-state index contributed by atoms with van der Waals surface area (Å²) in [5.41, 5.74) is 5.89. The van der Waals surface area contributed by atoms with Crippen LogP contribution in [0.15, 0.2) is 30.3 Å². The van der Waals surface area contributed by atoms with Crippen LogP contribution in [0, 0.1) is 5.92 Å². The fourth-order valence-electron chi connectivity index (χ4n) is 3.19. The van der Waals surface area contributed by atoms with Crippen molar-refractivity contribution in [1.82, 2.24) is 10.2 Å². The molecule has 0 bridgehead atoms. The molecular formula is C18H27N3O3. The Kier molecular flexibility index (Phi) is 6.34. The first-order chi connectivity index (χ1) is 11.5. The monoisotopic (exact) mass is 333 g/mol. The number of unbranched alkanes of at least 4 members (excludes halogenated alkanes) is 1. The number of carbonyl (C=O) groups is 2. The van der Waals surface area contributed by atoms with Gasteiger partial charge >= 0.3 is 5.97 Å². The van der Waals surface area contributed by atoms with Crippen LogP contribution in [0.4, 0.5) is 0 Å². The Balaban J connectivity index is 1.89. The Morgan fingerprint density at radius 1 is 1.38 bits per heavy atom. The quantitative estimate of drug-likeness (QED) is 0.664. The molecule has 1 aliphatic rings. The highest BCUT2D eigenvalue weighted by atomic mass is 16.4. The third-order valence-electron chi connectivity index (χ3n) is 4.73. The van der Waals surface area contributed by atoms with Gasteiger partial charge in [-0.1, -0.05) is 50.1 Å². The summed E-state index contributed by atoms with van der Waals surface area (Å²) in [7, 11) is 0. The first-order valence-corrected chi connectivity index (χ1v) is 8.52. The van der Waals surface area contributed by atoms with Crippen molar-refractivity contribution < 1.29 is 14.7 Å². The van der Waals surface area contributed by atoms with Crippen molar-refractivity contribution in [3.05, 3.63) is 35.9 Å². The van der Waals surface area contributed by atoms with E-state index >= 15 is 0 Å². The smallest absolute Gasteiger partial charge is 0.325 e. The number of amides is 1. The van der Waals surface area contributed by atoms with E-state index in [1.54, 1.807) is 4.90 Å². The maximum absolute atomic E-state index is 12.4. The van der Waals surface area contributed by atoms with Crippen LogP contribution in [0.2, 0.25) is 0 Å². The van der Waals surface area contributed by atoms with Gasteiger partial charge in [-0.15, -0.1) is 0 Å². The van der Waals surface area contributed by atoms with E-state index in [0.717, 1.165) is 24.8 Å². The van der Waals surface area contributed by atoms with Crippen molar-refractivity contribution in [2.75, 3.05) is 19.6 Å². The molecule has 1 amide bonds. The van der Waals surface area contributed by atoms with E-state index in [0.29, 0.717) is 13.1 Å². The van der Waals surface area contributed by atoms with Crippen molar-refractivity contribution in [2.24, 2.45) is 11.7 Å². The lowest BCUT2D eigenvalue weighted by atomic mass is 9.84. The minimum absolute atomic E-state index is 0.0859. The van der Waals surface area contributed by atoms with Crippen molar-refractivity contribution in [3.8, 4) is 0 Å². The Morgan fingerprint density at radius 2 is 2.08 bits per heavy atom. The molecule has 2 atom stereocenters. The zero-order chi connectivity index (χ0) is 17.6. The van der Waals surface area contributed by atoms with Crippen LogP contribution in [-0.2, 0) is 16.1 Å². The molecule has 0 spiro atoms. The molecule has 2 rings (SSSR count). The van der Waals surface area contributed by atoms with Crippen LogP contribution < -0.4 is 11.1 Å². The summed E-state index contributed by atoms with van der Waals surface area (Å²) in [6.45, 7) is 3.36. The van der Waals surface area contributed by atoms with E-state index < -0.39 is 11.5 Å². The third-order valence-corrected chi connectivity index (χ3v) is 4.73. The van der Waals surface area contributed by atoms with E-state index in [9.17, 15) is 14.7 Å². The molecule has 1 aliphatic heterocycles. The highest BCUT2D eigenvalue weighted by Gasteiger charge is 2.50. The number of carbonyl (C=O) groups excluding carboxylic acids is 1. The lowest BCUT2D eigenvalue weighted by molar-refractivity contribution is -0.144. The molecular weight excluding hydrogens is 306 g/mol. The second kappa shape index (κ2) is 8.26. The number of nitrogens with one attached hydrogen (secondary N) is 1. The summed E-state index contributed by atoms with van der Waals surface area (Å²) in [6.07, 6.45) is 2.64. The molecule has 132 valence electrons. The second-order valence-corrected chi connectivity index (χ2v) is 6.55. The Morgan fingerprint density at radius 3 is 2.71 bits per heavy atom. The Hall–Kier alpha value is -1.92. The van der Waals surface area contributed by atoms with Gasteiger partial charge in [-0.05, 0) is 12.0 Å². The number of benzene rings is 1. The number of likely N-dealkylation sites (tertiary alicyclic amines) is 1. The predicted octanol–water partition coefficient (Wildman–Crippen LogP) is 1.21. The molecule has 0 aromatic heterocycles. The average Bonchev–Trinajstić information content (AvgIpc) is 2.92. The largest absolute Gasteiger partial charge is 0.480 e. The third kappa shape index (κ3) is 4.33. The molecule has 24 heavy (non-hydrogen) atoms. The number of rotatable bonds is 8. The summed E-state index contributed by atoms with van der Waals surface area (Å²) in [5, 5.41) is 12.6. The van der Waals surface area contributed by atoms with E-state index in [4.69, 9.17) is 5.73 Å². The molecule has 4 N–H and O–H groups in total. The first kappa shape index (κ1) is 18.4. The fraction of sp³-hybridized carbons (Fsp3) is 0.556. The summed E-state index contributed by atoms with van der Waals surface area (Å²) in [6, 6.07) is 9.83. The number of nitrogens with zero attached hydrogens (tertiary/aromatic N) is 1. The van der Waals surface area contributed by atoms with Crippen LogP contribution >= 0.6 is 0 Å². The van der Waals surface area contributed by atoms with Crippen molar-refractivity contribution in [2.45, 2.75) is 38.3 Å². The molecule has 6 heteroatoms. The molecule has 1 fully saturated rings. The minimum Gasteiger partial charge on any atom is -0.480 e. The molecule has 0 radical (unpaired) electrons. The van der Waals surface area contributed by atoms with E-state index in [1.807, 2.05) is 30.3 Å². The fourth-order valence-corrected chi connectivity index (χ4v) is 3.19. The molecule has 0 unspecified atom stereocenters. The summed E-state index contributed by atoms with van der Waals surface area (Å²) < 4.78 is 0. The number of hydrogen-bond acceptors (Lipinski definition) is 4. The van der Waals surface area contributed by atoms with Gasteiger partial charge in [0, 0.05) is 25.6 Å². The topological polar surface area (TPSA) is 95.7 Å². The van der Waals surface area contributed by atoms with Gasteiger partial charge in [0.25, 0.3) is 0 Å². The minimum atomic E-state index is -1.33. The zero-order valence-electron chi connectivity index (χ0n) is 14.2. The number of nitrogens with two attached hydrogens (primary N) is 1. The Labute approximate surface area is 143 Å². The van der Waals surface area contributed by atoms with E-state index in [-0.39, 0.29) is 24.9 Å². The molecule has 6 nitrogen and oxygen atoms in total. The van der Waals surface area contributed by atoms with Gasteiger partial charge in [0.2, 0.25) is 5.91 Å². The lowest BCUT2D eigenvalue weighted by Gasteiger charge is -2.25. The average molecular weight is 333 g/mol. The van der Waals surface area contributed by atoms with Gasteiger partial charge < -0.3 is 21.1 Å². The van der Waals surface area contributed by atoms with Gasteiger partial charge in [-0.25, -0.2) is 0 Å². The SMILES string of the molecule is CCCC[C@H]1CN(C(=O)CNCc2ccccc2)C[C@@]1(N)C(=O)O. The molecule has 0 saturated carbocycles. The molecule has 1 heterocycles. The number of hydrogen-bond donors (Lipinski definition) is 3. The van der Waals surface area contributed by atoms with Crippen molar-refractivity contribution >= 4 is 11.9 Å². The van der Waals surface area contributed by atoms with Crippen LogP contribution in [0.25, 0.3) is 0 Å². The summed E-state index contributed by atoms with van der Waals surface area (Å²) in [5.74, 6) is -1.30. The van der Waals surface area contributed by atoms with Gasteiger partial charge in [0.1, 0.15) is 5.54 Å². The number of carboxylic acid groups (broad SMARTS) is 1. The second-order valence-electron chi connectivity index (χ2n) is 6.55. The predicted molar refractivity (Wildman–Crippen MR) is 92.3 cm³/mol. The highest BCUT2D eigenvalue weighted by molar-refractivity contribution is 5.84. The molecule has 1 aromatic rings. The van der Waals surface area contributed by atoms with Gasteiger partial charge in [0.15, 0.2) is 0 Å². The summed E-state index contributed by atoms with van der Waals surface area (Å²) >= 11 is 0. The van der Waals surface area contributed by atoms with E-state index in [2.05, 4.69) is 12.2 Å². The number of aliphatic carboxylic acids is 1. The maximum Gasteiger partial charge on any atom is 0.325 e. The van der Waals surface area contributed by atoms with Gasteiger partial charge in [-0.2, -0.15) is 0 Å². The van der Waals surface area contributed by atoms with Gasteiger partial charge in [-0.3, -0.25) is 9.59 Å². The van der Waals surface area contributed by atoms with Crippen molar-refractivity contribution in [3.63, 3.8) is 0 Å². The lowest BCUT2D eigenvalue weighted by Crippen LogP contribution is -2.55. The van der Waals surface area contributed by atoms with E-state index in [1.165, 1.54) is 0 Å². The van der Waals surface area contributed by atoms with Crippen LogP contribution in [-0.4, -0.2) is 47.1 Å². The molecule has 1 aromatic carbocycles. The summed E-state index contributed by atoms with van der Waals surface area (Å²) in [4.78, 5) is 25.6. The normalized spacial score (nSPS) is 23.4. The van der Waals surface area contributed by atoms with Crippen LogP contribution in [0.1, 0.15) is 31.7 Å². The van der Waals surface area contributed by atoms with Crippen molar-refractivity contribution in [1.29, 1.82) is 0 Å². The molecule has 1 saturated heterocycles. The van der Waals surface area contributed by atoms with Crippen LogP contribution in [0.3, 0.4) is 0 Å².